The molecule has 15 heavy (non-hydrogen) atoms. The number of aromatic amines is 1. The van der Waals surface area contributed by atoms with Crippen LogP contribution in [0.5, 0.6) is 0 Å². The first-order valence-electron chi connectivity index (χ1n) is 4.34. The number of thioether (sulfide) groups is 1. The van der Waals surface area contributed by atoms with Crippen LogP contribution in [-0.2, 0) is 11.3 Å². The molecule has 0 aromatic carbocycles. The van der Waals surface area contributed by atoms with Crippen molar-refractivity contribution in [2.24, 2.45) is 0 Å². The van der Waals surface area contributed by atoms with Crippen LogP contribution in [0.1, 0.15) is 11.3 Å². The Hall–Kier alpha value is -1.25. The number of terminal acetylenes is 1. The van der Waals surface area contributed by atoms with Gasteiger partial charge < -0.3 is 9.72 Å². The number of aromatic nitrogens is 2. The van der Waals surface area contributed by atoms with E-state index in [1.165, 1.54) is 11.8 Å². The molecule has 0 fully saturated rings. The maximum atomic E-state index is 11.5. The van der Waals surface area contributed by atoms with E-state index in [4.69, 9.17) is 11.2 Å². The van der Waals surface area contributed by atoms with Crippen LogP contribution in [0.2, 0.25) is 0 Å². The lowest BCUT2D eigenvalue weighted by Gasteiger charge is -2.04. The van der Waals surface area contributed by atoms with Gasteiger partial charge in [-0.15, -0.1) is 6.42 Å². The topological polar surface area (TPSA) is 55.0 Å². The van der Waals surface area contributed by atoms with Crippen LogP contribution in [0.4, 0.5) is 0 Å². The highest BCUT2D eigenvalue weighted by atomic mass is 32.2. The molecule has 0 aliphatic carbocycles. The van der Waals surface area contributed by atoms with Crippen LogP contribution in [0.15, 0.2) is 9.95 Å². The van der Waals surface area contributed by atoms with E-state index in [-0.39, 0.29) is 5.56 Å². The molecule has 1 aromatic heterocycles. The Labute approximate surface area is 92.5 Å². The molecule has 1 aromatic rings. The zero-order valence-electron chi connectivity index (χ0n) is 8.66. The Bertz CT molecular complexity index is 434. The second kappa shape index (κ2) is 5.59. The normalized spacial score (nSPS) is 9.93. The predicted molar refractivity (Wildman–Crippen MR) is 59.9 cm³/mol. The lowest BCUT2D eigenvalue weighted by atomic mass is 10.2. The standard InChI is InChI=1S/C10H12N2O2S/c1-4-5-15-10-11-8(6-14-3)7(2)9(13)12-10/h1H,5-6H2,2-3H3,(H,11,12,13). The number of hydrogen-bond acceptors (Lipinski definition) is 4. The molecule has 0 radical (unpaired) electrons. The third-order valence-corrected chi connectivity index (χ3v) is 2.58. The molecule has 0 spiro atoms. The highest BCUT2D eigenvalue weighted by Crippen LogP contribution is 2.11. The molecule has 0 saturated carbocycles. The summed E-state index contributed by atoms with van der Waals surface area (Å²) in [5, 5.41) is 0.538. The highest BCUT2D eigenvalue weighted by Gasteiger charge is 2.06. The van der Waals surface area contributed by atoms with Gasteiger partial charge in [-0.1, -0.05) is 17.7 Å². The van der Waals surface area contributed by atoms with Crippen LogP contribution in [0.25, 0.3) is 0 Å². The van der Waals surface area contributed by atoms with Gasteiger partial charge in [-0.3, -0.25) is 4.79 Å². The summed E-state index contributed by atoms with van der Waals surface area (Å²) in [6.07, 6.45) is 5.13. The lowest BCUT2D eigenvalue weighted by Crippen LogP contribution is -2.16. The molecule has 0 aliphatic rings. The first-order chi connectivity index (χ1) is 7.19. The Morgan fingerprint density at radius 1 is 1.67 bits per heavy atom. The van der Waals surface area contributed by atoms with Crippen molar-refractivity contribution in [2.75, 3.05) is 12.9 Å². The molecular weight excluding hydrogens is 212 g/mol. The number of rotatable bonds is 4. The summed E-state index contributed by atoms with van der Waals surface area (Å²) in [7, 11) is 1.57. The SMILES string of the molecule is C#CCSc1nc(COC)c(C)c(=O)[nH]1. The summed E-state index contributed by atoms with van der Waals surface area (Å²) in [6, 6.07) is 0. The smallest absolute Gasteiger partial charge is 0.254 e. The molecule has 4 nitrogen and oxygen atoms in total. The molecule has 0 bridgehead atoms. The van der Waals surface area contributed by atoms with Gasteiger partial charge in [0.25, 0.3) is 5.56 Å². The fourth-order valence-electron chi connectivity index (χ4n) is 1.01. The van der Waals surface area contributed by atoms with Gasteiger partial charge in [-0.2, -0.15) is 0 Å². The second-order valence-electron chi connectivity index (χ2n) is 2.87. The van der Waals surface area contributed by atoms with Gasteiger partial charge in [0.1, 0.15) is 0 Å². The highest BCUT2D eigenvalue weighted by molar-refractivity contribution is 7.99. The van der Waals surface area contributed by atoms with Crippen molar-refractivity contribution in [1.82, 2.24) is 9.97 Å². The zero-order chi connectivity index (χ0) is 11.3. The minimum atomic E-state index is -0.142. The molecule has 0 saturated heterocycles. The molecule has 0 amide bonds. The molecular formula is C10H12N2O2S. The van der Waals surface area contributed by atoms with E-state index in [9.17, 15) is 4.79 Å². The number of nitrogens with one attached hydrogen (secondary N) is 1. The van der Waals surface area contributed by atoms with E-state index in [2.05, 4.69) is 15.9 Å². The van der Waals surface area contributed by atoms with E-state index in [0.29, 0.717) is 28.8 Å². The van der Waals surface area contributed by atoms with Crippen LogP contribution in [0, 0.1) is 19.3 Å². The zero-order valence-corrected chi connectivity index (χ0v) is 9.48. The summed E-state index contributed by atoms with van der Waals surface area (Å²) in [5.74, 6) is 2.96. The predicted octanol–water partition coefficient (Wildman–Crippen LogP) is 0.950. The van der Waals surface area contributed by atoms with Gasteiger partial charge in [0.05, 0.1) is 18.1 Å². The van der Waals surface area contributed by atoms with E-state index < -0.39 is 0 Å². The number of hydrogen-bond donors (Lipinski definition) is 1. The van der Waals surface area contributed by atoms with E-state index in [1.54, 1.807) is 14.0 Å². The summed E-state index contributed by atoms with van der Waals surface area (Å²) in [6.45, 7) is 2.05. The molecule has 0 atom stereocenters. The maximum Gasteiger partial charge on any atom is 0.254 e. The van der Waals surface area contributed by atoms with Crippen LogP contribution in [0.3, 0.4) is 0 Å². The average molecular weight is 224 g/mol. The van der Waals surface area contributed by atoms with E-state index in [1.807, 2.05) is 0 Å². The number of ether oxygens (including phenoxy) is 1. The third-order valence-electron chi connectivity index (χ3n) is 1.80. The fraction of sp³-hybridized carbons (Fsp3) is 0.400. The van der Waals surface area contributed by atoms with Crippen molar-refractivity contribution in [3.05, 3.63) is 21.6 Å². The fourth-order valence-corrected chi connectivity index (χ4v) is 1.57. The summed E-state index contributed by atoms with van der Waals surface area (Å²) < 4.78 is 4.96. The molecule has 0 unspecified atom stereocenters. The van der Waals surface area contributed by atoms with Crippen molar-refractivity contribution in [3.63, 3.8) is 0 Å². The van der Waals surface area contributed by atoms with Gasteiger partial charge in [0.15, 0.2) is 5.16 Å². The lowest BCUT2D eigenvalue weighted by molar-refractivity contribution is 0.180. The Morgan fingerprint density at radius 3 is 3.00 bits per heavy atom. The summed E-state index contributed by atoms with van der Waals surface area (Å²) in [4.78, 5) is 18.4. The maximum absolute atomic E-state index is 11.5. The minimum absolute atomic E-state index is 0.142. The Kier molecular flexibility index (Phi) is 4.40. The van der Waals surface area contributed by atoms with Gasteiger partial charge >= 0.3 is 0 Å². The Balaban J connectivity index is 3.01. The largest absolute Gasteiger partial charge is 0.378 e. The number of nitrogens with zero attached hydrogens (tertiary/aromatic N) is 1. The number of H-pyrrole nitrogens is 1. The molecule has 0 aliphatic heterocycles. The van der Waals surface area contributed by atoms with Crippen molar-refractivity contribution >= 4 is 11.8 Å². The minimum Gasteiger partial charge on any atom is -0.378 e. The van der Waals surface area contributed by atoms with Crippen molar-refractivity contribution in [1.29, 1.82) is 0 Å². The first-order valence-corrected chi connectivity index (χ1v) is 5.32. The first kappa shape index (κ1) is 11.8. The van der Waals surface area contributed by atoms with Gasteiger partial charge in [0, 0.05) is 12.7 Å². The Morgan fingerprint density at radius 2 is 2.40 bits per heavy atom. The van der Waals surface area contributed by atoms with Gasteiger partial charge in [0.2, 0.25) is 0 Å². The van der Waals surface area contributed by atoms with Crippen LogP contribution in [-0.4, -0.2) is 22.8 Å². The molecule has 1 rings (SSSR count). The van der Waals surface area contributed by atoms with Crippen molar-refractivity contribution in [3.8, 4) is 12.3 Å². The van der Waals surface area contributed by atoms with Crippen molar-refractivity contribution in [2.45, 2.75) is 18.7 Å². The average Bonchev–Trinajstić information content (AvgIpc) is 2.22. The summed E-state index contributed by atoms with van der Waals surface area (Å²) in [5.41, 5.74) is 1.10. The van der Waals surface area contributed by atoms with E-state index >= 15 is 0 Å². The number of methoxy groups -OCH3 is 1. The van der Waals surface area contributed by atoms with Gasteiger partial charge in [-0.05, 0) is 6.92 Å². The van der Waals surface area contributed by atoms with Crippen molar-refractivity contribution < 1.29 is 4.74 Å². The quantitative estimate of drug-likeness (QED) is 0.470. The van der Waals surface area contributed by atoms with Crippen LogP contribution >= 0.6 is 11.8 Å². The molecule has 5 heteroatoms. The molecule has 1 heterocycles. The van der Waals surface area contributed by atoms with E-state index in [0.717, 1.165) is 0 Å². The molecule has 80 valence electrons. The third kappa shape index (κ3) is 3.11. The second-order valence-corrected chi connectivity index (χ2v) is 3.83. The monoisotopic (exact) mass is 224 g/mol. The van der Waals surface area contributed by atoms with Crippen LogP contribution < -0.4 is 5.56 Å². The van der Waals surface area contributed by atoms with Gasteiger partial charge in [-0.25, -0.2) is 4.98 Å². The summed E-state index contributed by atoms with van der Waals surface area (Å²) >= 11 is 1.32. The molecule has 1 N–H and O–H groups in total.